The summed E-state index contributed by atoms with van der Waals surface area (Å²) in [6, 6.07) is 4.16. The molecule has 108 valence electrons. The summed E-state index contributed by atoms with van der Waals surface area (Å²) < 4.78 is 0. The number of aromatic nitrogens is 1. The third kappa shape index (κ3) is 2.78. The number of nitriles is 1. The van der Waals surface area contributed by atoms with Crippen LogP contribution in [0.3, 0.4) is 0 Å². The van der Waals surface area contributed by atoms with Crippen molar-refractivity contribution in [2.24, 2.45) is 0 Å². The van der Waals surface area contributed by atoms with Gasteiger partial charge in [-0.2, -0.15) is 5.26 Å². The molecule has 0 saturated heterocycles. The highest BCUT2D eigenvalue weighted by Crippen LogP contribution is 2.29. The van der Waals surface area contributed by atoms with Gasteiger partial charge in [0.1, 0.15) is 11.9 Å². The average molecular weight is 273 g/mol. The fourth-order valence-electron chi connectivity index (χ4n) is 2.26. The van der Waals surface area contributed by atoms with Gasteiger partial charge in [0.2, 0.25) is 0 Å². The predicted octanol–water partition coefficient (Wildman–Crippen LogP) is 2.79. The molecule has 4 heteroatoms. The molecule has 1 aromatic rings. The third-order valence-electron chi connectivity index (χ3n) is 4.38. The molecule has 0 amide bonds. The Hall–Kier alpha value is -1.60. The lowest BCUT2D eigenvalue weighted by molar-refractivity contribution is 0.0238. The number of rotatable bonds is 3. The Kier molecular flexibility index (Phi) is 3.75. The van der Waals surface area contributed by atoms with Crippen molar-refractivity contribution in [2.75, 3.05) is 5.32 Å². The van der Waals surface area contributed by atoms with E-state index in [1.165, 1.54) is 12.0 Å². The van der Waals surface area contributed by atoms with Crippen LogP contribution in [0.4, 0.5) is 5.82 Å². The minimum absolute atomic E-state index is 0.558. The summed E-state index contributed by atoms with van der Waals surface area (Å²) in [5, 5.41) is 22.8. The van der Waals surface area contributed by atoms with E-state index in [1.807, 2.05) is 19.9 Å². The topological polar surface area (TPSA) is 68.9 Å². The van der Waals surface area contributed by atoms with Crippen molar-refractivity contribution in [3.05, 3.63) is 22.9 Å². The zero-order valence-corrected chi connectivity index (χ0v) is 12.7. The highest BCUT2D eigenvalue weighted by atomic mass is 16.3. The van der Waals surface area contributed by atoms with Gasteiger partial charge in [0.15, 0.2) is 0 Å². The van der Waals surface area contributed by atoms with Gasteiger partial charge < -0.3 is 10.4 Å². The van der Waals surface area contributed by atoms with Crippen molar-refractivity contribution in [3.63, 3.8) is 0 Å². The van der Waals surface area contributed by atoms with Crippen molar-refractivity contribution in [3.8, 4) is 6.07 Å². The van der Waals surface area contributed by atoms with Gasteiger partial charge in [-0.05, 0) is 65.0 Å². The van der Waals surface area contributed by atoms with Crippen LogP contribution in [-0.2, 0) is 12.8 Å². The molecule has 0 unspecified atom stereocenters. The molecule has 0 spiro atoms. The van der Waals surface area contributed by atoms with Gasteiger partial charge in [0.25, 0.3) is 0 Å². The van der Waals surface area contributed by atoms with Crippen LogP contribution < -0.4 is 5.32 Å². The van der Waals surface area contributed by atoms with Crippen molar-refractivity contribution in [1.82, 2.24) is 4.98 Å². The molecule has 0 aliphatic heterocycles. The molecule has 1 aliphatic rings. The van der Waals surface area contributed by atoms with E-state index in [-0.39, 0.29) is 0 Å². The standard InChI is InChI=1S/C16H23N3O/c1-15(2,16(3,4)20)19-14-12(10-17)9-11-7-5-6-8-13(11)18-14/h9,20H,5-8H2,1-4H3,(H,18,19). The fourth-order valence-corrected chi connectivity index (χ4v) is 2.26. The van der Waals surface area contributed by atoms with E-state index < -0.39 is 11.1 Å². The van der Waals surface area contributed by atoms with Crippen LogP contribution in [0.1, 0.15) is 57.4 Å². The maximum Gasteiger partial charge on any atom is 0.144 e. The monoisotopic (exact) mass is 273 g/mol. The zero-order valence-electron chi connectivity index (χ0n) is 12.7. The minimum atomic E-state index is -0.919. The second kappa shape index (κ2) is 5.06. The number of anilines is 1. The second-order valence-electron chi connectivity index (χ2n) is 6.62. The summed E-state index contributed by atoms with van der Waals surface area (Å²) in [7, 11) is 0. The van der Waals surface area contributed by atoms with Gasteiger partial charge in [-0.15, -0.1) is 0 Å². The first kappa shape index (κ1) is 14.8. The van der Waals surface area contributed by atoms with Gasteiger partial charge in [-0.1, -0.05) is 0 Å². The predicted molar refractivity (Wildman–Crippen MR) is 79.6 cm³/mol. The number of aryl methyl sites for hydroxylation is 2. The van der Waals surface area contributed by atoms with Crippen LogP contribution in [0, 0.1) is 11.3 Å². The SMILES string of the molecule is CC(C)(O)C(C)(C)Nc1nc2c(cc1C#N)CCCC2. The maximum absolute atomic E-state index is 10.2. The molecule has 0 fully saturated rings. The van der Waals surface area contributed by atoms with Crippen LogP contribution in [0.5, 0.6) is 0 Å². The molecule has 20 heavy (non-hydrogen) atoms. The van der Waals surface area contributed by atoms with E-state index in [0.29, 0.717) is 11.4 Å². The van der Waals surface area contributed by atoms with Crippen LogP contribution in [-0.4, -0.2) is 21.2 Å². The molecule has 0 saturated carbocycles. The van der Waals surface area contributed by atoms with Crippen LogP contribution in [0.2, 0.25) is 0 Å². The van der Waals surface area contributed by atoms with E-state index in [4.69, 9.17) is 0 Å². The number of hydrogen-bond acceptors (Lipinski definition) is 4. The van der Waals surface area contributed by atoms with Gasteiger partial charge in [0.05, 0.1) is 16.7 Å². The molecule has 2 N–H and O–H groups in total. The van der Waals surface area contributed by atoms with E-state index in [9.17, 15) is 10.4 Å². The smallest absolute Gasteiger partial charge is 0.144 e. The van der Waals surface area contributed by atoms with Crippen molar-refractivity contribution in [2.45, 2.75) is 64.5 Å². The number of fused-ring (bicyclic) bond motifs is 1. The first-order valence-electron chi connectivity index (χ1n) is 7.18. The molecule has 4 nitrogen and oxygen atoms in total. The normalized spacial score (nSPS) is 15.4. The number of pyridine rings is 1. The first-order chi connectivity index (χ1) is 9.24. The molecule has 1 aliphatic carbocycles. The lowest BCUT2D eigenvalue weighted by atomic mass is 9.85. The molecule has 0 radical (unpaired) electrons. The largest absolute Gasteiger partial charge is 0.388 e. The third-order valence-corrected chi connectivity index (χ3v) is 4.38. The van der Waals surface area contributed by atoms with Crippen molar-refractivity contribution in [1.29, 1.82) is 5.26 Å². The van der Waals surface area contributed by atoms with E-state index in [1.54, 1.807) is 13.8 Å². The van der Waals surface area contributed by atoms with E-state index in [0.717, 1.165) is 25.0 Å². The summed E-state index contributed by atoms with van der Waals surface area (Å²) in [6.45, 7) is 7.33. The Labute approximate surface area is 120 Å². The highest BCUT2D eigenvalue weighted by Gasteiger charge is 2.36. The van der Waals surface area contributed by atoms with Crippen LogP contribution >= 0.6 is 0 Å². The molecule has 0 bridgehead atoms. The summed E-state index contributed by atoms with van der Waals surface area (Å²) in [5.41, 5.74) is 1.35. The molecule has 0 atom stereocenters. The Morgan fingerprint density at radius 2 is 1.90 bits per heavy atom. The van der Waals surface area contributed by atoms with Gasteiger partial charge in [-0.3, -0.25) is 0 Å². The molecule has 0 aromatic carbocycles. The van der Waals surface area contributed by atoms with E-state index in [2.05, 4.69) is 16.4 Å². The lowest BCUT2D eigenvalue weighted by Crippen LogP contribution is -2.51. The number of nitrogens with one attached hydrogen (secondary N) is 1. The Morgan fingerprint density at radius 1 is 1.25 bits per heavy atom. The summed E-state index contributed by atoms with van der Waals surface area (Å²) in [6.07, 6.45) is 4.30. The molecular weight excluding hydrogens is 250 g/mol. The zero-order chi connectivity index (χ0) is 15.0. The molecule has 2 rings (SSSR count). The van der Waals surface area contributed by atoms with Crippen molar-refractivity contribution >= 4 is 5.82 Å². The van der Waals surface area contributed by atoms with Crippen LogP contribution in [0.15, 0.2) is 6.07 Å². The molecule has 1 aromatic heterocycles. The Bertz CT molecular complexity index is 550. The van der Waals surface area contributed by atoms with Gasteiger partial charge in [-0.25, -0.2) is 4.98 Å². The first-order valence-corrected chi connectivity index (χ1v) is 7.18. The van der Waals surface area contributed by atoms with E-state index >= 15 is 0 Å². The average Bonchev–Trinajstić information content (AvgIpc) is 2.36. The highest BCUT2D eigenvalue weighted by molar-refractivity contribution is 5.56. The van der Waals surface area contributed by atoms with Gasteiger partial charge >= 0.3 is 0 Å². The second-order valence-corrected chi connectivity index (χ2v) is 6.62. The molecular formula is C16H23N3O. The fraction of sp³-hybridized carbons (Fsp3) is 0.625. The molecule has 1 heterocycles. The maximum atomic E-state index is 10.2. The number of nitrogens with zero attached hydrogens (tertiary/aromatic N) is 2. The van der Waals surface area contributed by atoms with Crippen LogP contribution in [0.25, 0.3) is 0 Å². The number of aliphatic hydroxyl groups is 1. The Morgan fingerprint density at radius 3 is 2.50 bits per heavy atom. The van der Waals surface area contributed by atoms with Gasteiger partial charge in [0, 0.05) is 5.69 Å². The Balaban J connectivity index is 2.39. The summed E-state index contributed by atoms with van der Waals surface area (Å²) in [4.78, 5) is 4.64. The summed E-state index contributed by atoms with van der Waals surface area (Å²) >= 11 is 0. The van der Waals surface area contributed by atoms with Crippen molar-refractivity contribution < 1.29 is 5.11 Å². The quantitative estimate of drug-likeness (QED) is 0.888. The number of hydrogen-bond donors (Lipinski definition) is 2. The minimum Gasteiger partial charge on any atom is -0.388 e. The lowest BCUT2D eigenvalue weighted by Gasteiger charge is -2.38. The summed E-state index contributed by atoms with van der Waals surface area (Å²) in [5.74, 6) is 0.584.